The molecule has 37 heavy (non-hydrogen) atoms. The van der Waals surface area contributed by atoms with Crippen molar-refractivity contribution in [3.05, 3.63) is 95.1 Å². The Bertz CT molecular complexity index is 1360. The lowest BCUT2D eigenvalue weighted by molar-refractivity contribution is -0.136. The molecule has 4 rings (SSSR count). The monoisotopic (exact) mass is 501 g/mol. The summed E-state index contributed by atoms with van der Waals surface area (Å²) in [6.07, 6.45) is 0.636. The molecule has 1 saturated heterocycles. The van der Waals surface area contributed by atoms with Crippen LogP contribution in [0.4, 0.5) is 5.69 Å². The number of methoxy groups -OCH3 is 1. The van der Waals surface area contributed by atoms with E-state index in [0.717, 1.165) is 6.42 Å². The quantitative estimate of drug-likeness (QED) is 0.247. The first kappa shape index (κ1) is 25.5. The molecule has 3 aromatic carbocycles. The van der Waals surface area contributed by atoms with Gasteiger partial charge in [-0.3, -0.25) is 19.3 Å². The van der Waals surface area contributed by atoms with Crippen LogP contribution in [-0.4, -0.2) is 41.6 Å². The van der Waals surface area contributed by atoms with Crippen LogP contribution in [0.25, 0.3) is 5.76 Å². The Kier molecular flexibility index (Phi) is 7.57. The first-order valence-corrected chi connectivity index (χ1v) is 11.8. The van der Waals surface area contributed by atoms with Gasteiger partial charge in [-0.25, -0.2) is 0 Å². The number of ether oxygens (including phenoxy) is 2. The molecule has 8 nitrogen and oxygen atoms in total. The SMILES string of the molecule is CCCOc1cccc(/C(O)=C2/C(=O)C(=O)N(c3ccc(CC(=O)O)cc3)C2c2cccc(OC)c2)c1. The van der Waals surface area contributed by atoms with Gasteiger partial charge in [0.15, 0.2) is 0 Å². The van der Waals surface area contributed by atoms with Gasteiger partial charge in [0.05, 0.1) is 31.8 Å². The Morgan fingerprint density at radius 2 is 1.65 bits per heavy atom. The molecule has 0 saturated carbocycles. The van der Waals surface area contributed by atoms with E-state index in [1.54, 1.807) is 72.8 Å². The van der Waals surface area contributed by atoms with E-state index in [9.17, 15) is 19.5 Å². The Morgan fingerprint density at radius 3 is 2.32 bits per heavy atom. The number of nitrogens with zero attached hydrogens (tertiary/aromatic N) is 1. The van der Waals surface area contributed by atoms with E-state index in [4.69, 9.17) is 14.6 Å². The van der Waals surface area contributed by atoms with Crippen LogP contribution in [0.15, 0.2) is 78.4 Å². The lowest BCUT2D eigenvalue weighted by Gasteiger charge is -2.26. The molecule has 0 aromatic heterocycles. The summed E-state index contributed by atoms with van der Waals surface area (Å²) >= 11 is 0. The van der Waals surface area contributed by atoms with Crippen molar-refractivity contribution in [1.29, 1.82) is 0 Å². The topological polar surface area (TPSA) is 113 Å². The predicted octanol–water partition coefficient (Wildman–Crippen LogP) is 4.74. The third-order valence-electron chi connectivity index (χ3n) is 6.00. The number of ketones is 1. The minimum atomic E-state index is -0.977. The number of rotatable bonds is 9. The van der Waals surface area contributed by atoms with E-state index < -0.39 is 23.7 Å². The van der Waals surface area contributed by atoms with E-state index >= 15 is 0 Å². The molecule has 1 aliphatic rings. The van der Waals surface area contributed by atoms with Crippen LogP contribution in [0, 0.1) is 0 Å². The zero-order valence-electron chi connectivity index (χ0n) is 20.5. The zero-order valence-corrected chi connectivity index (χ0v) is 20.5. The lowest BCUT2D eigenvalue weighted by atomic mass is 9.95. The van der Waals surface area contributed by atoms with Gasteiger partial charge in [-0.1, -0.05) is 43.3 Å². The first-order valence-electron chi connectivity index (χ1n) is 11.8. The molecule has 1 aliphatic heterocycles. The molecule has 0 bridgehead atoms. The van der Waals surface area contributed by atoms with Crippen molar-refractivity contribution in [2.75, 3.05) is 18.6 Å². The number of benzene rings is 3. The maximum absolute atomic E-state index is 13.4. The summed E-state index contributed by atoms with van der Waals surface area (Å²) < 4.78 is 11.0. The molecule has 1 fully saturated rings. The highest BCUT2D eigenvalue weighted by atomic mass is 16.5. The highest BCUT2D eigenvalue weighted by Gasteiger charge is 2.47. The first-order chi connectivity index (χ1) is 17.8. The predicted molar refractivity (Wildman–Crippen MR) is 138 cm³/mol. The molecule has 1 unspecified atom stereocenters. The van der Waals surface area contributed by atoms with Gasteiger partial charge in [0, 0.05) is 11.3 Å². The molecule has 8 heteroatoms. The van der Waals surface area contributed by atoms with Crippen molar-refractivity contribution in [3.8, 4) is 11.5 Å². The summed E-state index contributed by atoms with van der Waals surface area (Å²) in [7, 11) is 1.51. The van der Waals surface area contributed by atoms with Gasteiger partial charge >= 0.3 is 5.97 Å². The van der Waals surface area contributed by atoms with Crippen molar-refractivity contribution in [3.63, 3.8) is 0 Å². The van der Waals surface area contributed by atoms with Crippen LogP contribution < -0.4 is 14.4 Å². The summed E-state index contributed by atoms with van der Waals surface area (Å²) in [6, 6.07) is 19.1. The second-order valence-electron chi connectivity index (χ2n) is 8.56. The van der Waals surface area contributed by atoms with Crippen LogP contribution in [0.5, 0.6) is 11.5 Å². The maximum atomic E-state index is 13.4. The van der Waals surface area contributed by atoms with Crippen molar-refractivity contribution in [2.24, 2.45) is 0 Å². The van der Waals surface area contributed by atoms with E-state index in [0.29, 0.717) is 40.5 Å². The molecule has 0 spiro atoms. The number of aliphatic hydroxyl groups is 1. The number of carbonyl (C=O) groups is 3. The Hall–Kier alpha value is -4.59. The highest BCUT2D eigenvalue weighted by Crippen LogP contribution is 2.43. The van der Waals surface area contributed by atoms with Crippen LogP contribution in [0.1, 0.15) is 36.1 Å². The Morgan fingerprint density at radius 1 is 0.946 bits per heavy atom. The summed E-state index contributed by atoms with van der Waals surface area (Å²) in [5.41, 5.74) is 1.78. The zero-order chi connectivity index (χ0) is 26.5. The molecule has 0 radical (unpaired) electrons. The average Bonchev–Trinajstić information content (AvgIpc) is 3.17. The van der Waals surface area contributed by atoms with Gasteiger partial charge in [0.2, 0.25) is 0 Å². The fourth-order valence-corrected chi connectivity index (χ4v) is 4.28. The van der Waals surface area contributed by atoms with E-state index in [1.807, 2.05) is 6.92 Å². The summed E-state index contributed by atoms with van der Waals surface area (Å²) in [5.74, 6) is -1.88. The van der Waals surface area contributed by atoms with Gasteiger partial charge in [0.1, 0.15) is 17.3 Å². The Labute approximate surface area is 214 Å². The van der Waals surface area contributed by atoms with E-state index in [-0.39, 0.29) is 17.8 Å². The standard InChI is InChI=1S/C29H27NO7/c1-3-14-37-23-9-5-7-20(17-23)27(33)25-26(19-6-4-8-22(16-19)36-2)30(29(35)28(25)34)21-12-10-18(11-13-21)15-24(31)32/h4-13,16-17,26,33H,3,14-15H2,1-2H3,(H,31,32)/b27-25-. The number of aliphatic hydroxyl groups excluding tert-OH is 1. The van der Waals surface area contributed by atoms with Crippen molar-refractivity contribution in [2.45, 2.75) is 25.8 Å². The summed E-state index contributed by atoms with van der Waals surface area (Å²) in [4.78, 5) is 39.1. The number of anilines is 1. The molecular formula is C29H27NO7. The average molecular weight is 502 g/mol. The van der Waals surface area contributed by atoms with Gasteiger partial charge in [0.25, 0.3) is 11.7 Å². The van der Waals surface area contributed by atoms with Crippen molar-refractivity contribution >= 4 is 29.1 Å². The van der Waals surface area contributed by atoms with Gasteiger partial charge < -0.3 is 19.7 Å². The summed E-state index contributed by atoms with van der Waals surface area (Å²) in [5, 5.41) is 20.4. The number of carboxylic acids is 1. The summed E-state index contributed by atoms with van der Waals surface area (Å²) in [6.45, 7) is 2.48. The second kappa shape index (κ2) is 11.0. The van der Waals surface area contributed by atoms with Crippen LogP contribution in [0.3, 0.4) is 0 Å². The molecule has 190 valence electrons. The maximum Gasteiger partial charge on any atom is 0.307 e. The Balaban J connectivity index is 1.86. The van der Waals surface area contributed by atoms with Gasteiger partial charge in [-0.05, 0) is 53.9 Å². The minimum Gasteiger partial charge on any atom is -0.507 e. The number of aliphatic carboxylic acids is 1. The van der Waals surface area contributed by atoms with Crippen molar-refractivity contribution < 1.29 is 34.1 Å². The van der Waals surface area contributed by atoms with Crippen LogP contribution in [0.2, 0.25) is 0 Å². The molecule has 1 atom stereocenters. The molecule has 3 aromatic rings. The molecule has 1 heterocycles. The van der Waals surface area contributed by atoms with Crippen LogP contribution in [-0.2, 0) is 20.8 Å². The molecular weight excluding hydrogens is 474 g/mol. The molecule has 2 N–H and O–H groups in total. The van der Waals surface area contributed by atoms with E-state index in [1.165, 1.54) is 12.0 Å². The number of carbonyl (C=O) groups excluding carboxylic acids is 2. The number of amides is 1. The third kappa shape index (κ3) is 5.33. The van der Waals surface area contributed by atoms with Gasteiger partial charge in [-0.15, -0.1) is 0 Å². The van der Waals surface area contributed by atoms with E-state index in [2.05, 4.69) is 0 Å². The van der Waals surface area contributed by atoms with Crippen molar-refractivity contribution in [1.82, 2.24) is 0 Å². The number of hydrogen-bond donors (Lipinski definition) is 2. The fourth-order valence-electron chi connectivity index (χ4n) is 4.28. The number of Topliss-reactive ketones (excluding diaryl/α,β-unsaturated/α-hetero) is 1. The second-order valence-corrected chi connectivity index (χ2v) is 8.56. The third-order valence-corrected chi connectivity index (χ3v) is 6.00. The largest absolute Gasteiger partial charge is 0.507 e. The van der Waals surface area contributed by atoms with Crippen LogP contribution >= 0.6 is 0 Å². The number of hydrogen-bond acceptors (Lipinski definition) is 6. The molecule has 0 aliphatic carbocycles. The smallest absolute Gasteiger partial charge is 0.307 e. The highest BCUT2D eigenvalue weighted by molar-refractivity contribution is 6.51. The number of carboxylic acid groups (broad SMARTS) is 1. The molecule has 1 amide bonds. The lowest BCUT2D eigenvalue weighted by Crippen LogP contribution is -2.29. The normalized spacial score (nSPS) is 16.6. The van der Waals surface area contributed by atoms with Gasteiger partial charge in [-0.2, -0.15) is 0 Å². The fraction of sp³-hybridized carbons (Fsp3) is 0.207. The minimum absolute atomic E-state index is 0.0690.